The minimum absolute atomic E-state index is 0.0981. The van der Waals surface area contributed by atoms with E-state index in [0.29, 0.717) is 24.1 Å². The Bertz CT molecular complexity index is 999. The third kappa shape index (κ3) is 6.03. The fourth-order valence-electron chi connectivity index (χ4n) is 3.14. The Morgan fingerprint density at radius 1 is 1.03 bits per heavy atom. The lowest BCUT2D eigenvalue weighted by atomic mass is 9.87. The summed E-state index contributed by atoms with van der Waals surface area (Å²) in [6.07, 6.45) is 0. The van der Waals surface area contributed by atoms with Gasteiger partial charge in [-0.2, -0.15) is 0 Å². The van der Waals surface area contributed by atoms with Crippen LogP contribution in [0, 0.1) is 0 Å². The van der Waals surface area contributed by atoms with Gasteiger partial charge in [0, 0.05) is 19.4 Å². The highest BCUT2D eigenvalue weighted by Crippen LogP contribution is 2.42. The molecule has 0 bridgehead atoms. The first-order valence-corrected chi connectivity index (χ1v) is 11.3. The van der Waals surface area contributed by atoms with Crippen molar-refractivity contribution in [2.45, 2.75) is 45.4 Å². The highest BCUT2D eigenvalue weighted by molar-refractivity contribution is 8.14. The van der Waals surface area contributed by atoms with Gasteiger partial charge in [-0.25, -0.2) is 5.01 Å². The number of amides is 2. The number of hydrogen-bond donors (Lipinski definition) is 1. The zero-order valence-corrected chi connectivity index (χ0v) is 19.9. The summed E-state index contributed by atoms with van der Waals surface area (Å²) in [4.78, 5) is 23.5. The van der Waals surface area contributed by atoms with E-state index in [2.05, 4.69) is 43.3 Å². The quantitative estimate of drug-likeness (QED) is 0.651. The van der Waals surface area contributed by atoms with Crippen LogP contribution in [0.2, 0.25) is 0 Å². The summed E-state index contributed by atoms with van der Waals surface area (Å²) in [6, 6.07) is 15.6. The number of hydrogen-bond acceptors (Lipinski definition) is 6. The first-order valence-electron chi connectivity index (χ1n) is 10.4. The molecule has 0 spiro atoms. The number of rotatable bonds is 6. The number of carbonyl (C=O) groups excluding carboxylic acids is 2. The maximum atomic E-state index is 12.1. The minimum atomic E-state index is -0.420. The van der Waals surface area contributed by atoms with Crippen LogP contribution in [-0.4, -0.2) is 35.2 Å². The predicted molar refractivity (Wildman–Crippen MR) is 127 cm³/mol. The van der Waals surface area contributed by atoms with E-state index in [1.54, 1.807) is 0 Å². The van der Waals surface area contributed by atoms with Crippen LogP contribution >= 0.6 is 11.8 Å². The number of carbonyl (C=O) groups is 2. The lowest BCUT2D eigenvalue weighted by molar-refractivity contribution is -0.129. The summed E-state index contributed by atoms with van der Waals surface area (Å²) in [7, 11) is 0. The SMILES string of the molecule is CC(=O)NC1=NN(C(C)=O)[C@@H](c2ccccc2OCCOc2ccc(C(C)(C)C)cc2)S1. The first kappa shape index (κ1) is 23.7. The van der Waals surface area contributed by atoms with Gasteiger partial charge in [0.25, 0.3) is 0 Å². The topological polar surface area (TPSA) is 80.2 Å². The van der Waals surface area contributed by atoms with Crippen LogP contribution in [0.25, 0.3) is 0 Å². The molecule has 0 radical (unpaired) electrons. The molecule has 2 amide bonds. The number of nitrogens with one attached hydrogen (secondary N) is 1. The number of benzene rings is 2. The number of thioether (sulfide) groups is 1. The summed E-state index contributed by atoms with van der Waals surface area (Å²) in [5.41, 5.74) is 2.15. The molecule has 2 aromatic rings. The van der Waals surface area contributed by atoms with E-state index in [-0.39, 0.29) is 17.2 Å². The van der Waals surface area contributed by atoms with Gasteiger partial charge < -0.3 is 14.8 Å². The van der Waals surface area contributed by atoms with E-state index in [0.717, 1.165) is 11.3 Å². The van der Waals surface area contributed by atoms with Gasteiger partial charge in [0.05, 0.1) is 0 Å². The Labute approximate surface area is 193 Å². The number of ether oxygens (including phenoxy) is 2. The average Bonchev–Trinajstić information content (AvgIpc) is 3.14. The largest absolute Gasteiger partial charge is 0.490 e. The van der Waals surface area contributed by atoms with E-state index in [1.807, 2.05) is 36.4 Å². The van der Waals surface area contributed by atoms with Gasteiger partial charge in [-0.1, -0.05) is 62.9 Å². The molecule has 0 unspecified atom stereocenters. The van der Waals surface area contributed by atoms with Crippen LogP contribution in [0.4, 0.5) is 0 Å². The first-order chi connectivity index (χ1) is 15.1. The Balaban J connectivity index is 1.62. The smallest absolute Gasteiger partial charge is 0.241 e. The van der Waals surface area contributed by atoms with E-state index >= 15 is 0 Å². The number of para-hydroxylation sites is 1. The van der Waals surface area contributed by atoms with Gasteiger partial charge in [-0.3, -0.25) is 9.59 Å². The molecule has 0 aliphatic carbocycles. The van der Waals surface area contributed by atoms with E-state index in [4.69, 9.17) is 9.47 Å². The van der Waals surface area contributed by atoms with Crippen molar-refractivity contribution >= 4 is 28.7 Å². The van der Waals surface area contributed by atoms with E-state index < -0.39 is 5.37 Å². The van der Waals surface area contributed by atoms with Crippen molar-refractivity contribution in [3.63, 3.8) is 0 Å². The molecule has 170 valence electrons. The van der Waals surface area contributed by atoms with Gasteiger partial charge in [-0.15, -0.1) is 5.10 Å². The van der Waals surface area contributed by atoms with Crippen molar-refractivity contribution in [2.24, 2.45) is 5.10 Å². The third-order valence-electron chi connectivity index (χ3n) is 4.76. The summed E-state index contributed by atoms with van der Waals surface area (Å²) >= 11 is 1.29. The molecule has 1 N–H and O–H groups in total. The Hall–Kier alpha value is -3.00. The second-order valence-corrected chi connectivity index (χ2v) is 9.50. The zero-order chi connectivity index (χ0) is 23.3. The third-order valence-corrected chi connectivity index (χ3v) is 5.85. The number of nitrogens with zero attached hydrogens (tertiary/aromatic N) is 2. The van der Waals surface area contributed by atoms with Crippen molar-refractivity contribution in [1.82, 2.24) is 10.3 Å². The van der Waals surface area contributed by atoms with Crippen LogP contribution in [-0.2, 0) is 15.0 Å². The van der Waals surface area contributed by atoms with Crippen LogP contribution in [0.3, 0.4) is 0 Å². The van der Waals surface area contributed by atoms with Gasteiger partial charge in [0.2, 0.25) is 11.8 Å². The monoisotopic (exact) mass is 455 g/mol. The summed E-state index contributed by atoms with van der Waals surface area (Å²) in [5.74, 6) is 0.969. The molecule has 2 aromatic carbocycles. The molecule has 0 fully saturated rings. The average molecular weight is 456 g/mol. The normalized spacial score (nSPS) is 15.8. The van der Waals surface area contributed by atoms with Crippen LogP contribution in [0.15, 0.2) is 53.6 Å². The highest BCUT2D eigenvalue weighted by Gasteiger charge is 2.34. The Kier molecular flexibility index (Phi) is 7.45. The molecule has 0 aromatic heterocycles. The summed E-state index contributed by atoms with van der Waals surface area (Å²) in [6.45, 7) is 10.1. The summed E-state index contributed by atoms with van der Waals surface area (Å²) in [5, 5.41) is 8.20. The van der Waals surface area contributed by atoms with Crippen LogP contribution in [0.1, 0.15) is 51.1 Å². The van der Waals surface area contributed by atoms with Crippen molar-refractivity contribution in [3.05, 3.63) is 59.7 Å². The predicted octanol–water partition coefficient (Wildman–Crippen LogP) is 4.44. The molecule has 0 saturated carbocycles. The second kappa shape index (κ2) is 10.1. The van der Waals surface area contributed by atoms with Crippen molar-refractivity contribution in [1.29, 1.82) is 0 Å². The summed E-state index contributed by atoms with van der Waals surface area (Å²) < 4.78 is 11.8. The van der Waals surface area contributed by atoms with E-state index in [1.165, 1.54) is 36.2 Å². The van der Waals surface area contributed by atoms with E-state index in [9.17, 15) is 9.59 Å². The number of hydrazone groups is 1. The van der Waals surface area contributed by atoms with Crippen molar-refractivity contribution in [2.75, 3.05) is 13.2 Å². The van der Waals surface area contributed by atoms with Crippen LogP contribution in [0.5, 0.6) is 11.5 Å². The molecular weight excluding hydrogens is 426 g/mol. The fourth-order valence-corrected chi connectivity index (χ4v) is 4.31. The maximum absolute atomic E-state index is 12.1. The standard InChI is InChI=1S/C24H29N3O4S/c1-16(28)25-23-26-27(17(2)29)22(32-23)20-8-6-7-9-21(20)31-15-14-30-19-12-10-18(11-13-19)24(3,4)5/h6-13,22H,14-15H2,1-5H3,(H,25,26,28)/t22-/m1/s1. The molecule has 7 nitrogen and oxygen atoms in total. The van der Waals surface area contributed by atoms with Gasteiger partial charge in [-0.05, 0) is 29.2 Å². The van der Waals surface area contributed by atoms with Gasteiger partial charge >= 0.3 is 0 Å². The Morgan fingerprint density at radius 2 is 1.69 bits per heavy atom. The minimum Gasteiger partial charge on any atom is -0.490 e. The molecule has 3 rings (SSSR count). The number of amidine groups is 1. The van der Waals surface area contributed by atoms with Crippen LogP contribution < -0.4 is 14.8 Å². The lowest BCUT2D eigenvalue weighted by Gasteiger charge is -2.22. The molecule has 1 atom stereocenters. The molecular formula is C24H29N3O4S. The van der Waals surface area contributed by atoms with Gasteiger partial charge in [0.15, 0.2) is 5.17 Å². The molecule has 8 heteroatoms. The molecule has 1 aliphatic rings. The maximum Gasteiger partial charge on any atom is 0.241 e. The second-order valence-electron chi connectivity index (χ2n) is 8.43. The van der Waals surface area contributed by atoms with Crippen molar-refractivity contribution < 1.29 is 19.1 Å². The fraction of sp³-hybridized carbons (Fsp3) is 0.375. The zero-order valence-electron chi connectivity index (χ0n) is 19.0. The highest BCUT2D eigenvalue weighted by atomic mass is 32.2. The van der Waals surface area contributed by atoms with Gasteiger partial charge in [0.1, 0.15) is 30.1 Å². The molecule has 1 heterocycles. The molecule has 1 aliphatic heterocycles. The molecule has 32 heavy (non-hydrogen) atoms. The molecule has 0 saturated heterocycles. The Morgan fingerprint density at radius 3 is 2.31 bits per heavy atom. The van der Waals surface area contributed by atoms with Crippen molar-refractivity contribution in [3.8, 4) is 11.5 Å². The lowest BCUT2D eigenvalue weighted by Crippen LogP contribution is -2.25.